The van der Waals surface area contributed by atoms with Crippen LogP contribution in [-0.4, -0.2) is 68.9 Å². The number of aliphatic hydroxyl groups is 4. The summed E-state index contributed by atoms with van der Waals surface area (Å²) in [7, 11) is 1.18. The lowest BCUT2D eigenvalue weighted by atomic mass is 10.0. The van der Waals surface area contributed by atoms with Gasteiger partial charge in [-0.25, -0.2) is 4.79 Å². The Morgan fingerprint density at radius 3 is 1.73 bits per heavy atom. The topological polar surface area (TPSA) is 147 Å². The maximum absolute atomic E-state index is 10.8. The number of amides is 1. The summed E-state index contributed by atoms with van der Waals surface area (Å²) in [5.41, 5.74) is 0. The van der Waals surface area contributed by atoms with Gasteiger partial charge in [-0.15, -0.1) is 0 Å². The molecule has 0 rings (SSSR count). The molecule has 8 nitrogen and oxygen atoms in total. The standard InChI is InChI=1S/C7H13NO7/c1-8-6(13)4(11)2(9)3(10)5(12)7(14)15/h2-5,9-12H,1H3,(H,8,13)(H,14,15)/t2?,3-,4+,5-/m1/s1. The van der Waals surface area contributed by atoms with Gasteiger partial charge < -0.3 is 30.8 Å². The summed E-state index contributed by atoms with van der Waals surface area (Å²) < 4.78 is 0. The zero-order chi connectivity index (χ0) is 12.2. The average Bonchev–Trinajstić information content (AvgIpc) is 2.23. The van der Waals surface area contributed by atoms with Crippen LogP contribution in [0.4, 0.5) is 0 Å². The monoisotopic (exact) mass is 223 g/mol. The lowest BCUT2D eigenvalue weighted by molar-refractivity contribution is -0.166. The molecule has 15 heavy (non-hydrogen) atoms. The van der Waals surface area contributed by atoms with Crippen molar-refractivity contribution in [3.8, 4) is 0 Å². The molecule has 0 aromatic heterocycles. The van der Waals surface area contributed by atoms with Gasteiger partial charge in [-0.05, 0) is 0 Å². The Morgan fingerprint density at radius 1 is 1.00 bits per heavy atom. The number of likely N-dealkylation sites (N-methyl/N-ethyl adjacent to an activating group) is 1. The molecule has 88 valence electrons. The maximum Gasteiger partial charge on any atom is 0.335 e. The largest absolute Gasteiger partial charge is 0.479 e. The molecule has 4 atom stereocenters. The highest BCUT2D eigenvalue weighted by Crippen LogP contribution is 2.05. The second-order valence-corrected chi connectivity index (χ2v) is 2.82. The lowest BCUT2D eigenvalue weighted by Crippen LogP contribution is -2.52. The molecule has 0 aromatic rings. The number of carboxylic acid groups (broad SMARTS) is 1. The Labute approximate surface area is 84.8 Å². The Bertz CT molecular complexity index is 243. The molecule has 6 N–H and O–H groups in total. The SMILES string of the molecule is CNC(=O)[C@@H](O)C(O)[C@@H](O)[C@@H](O)C(=O)O. The Hall–Kier alpha value is -1.22. The van der Waals surface area contributed by atoms with E-state index < -0.39 is 36.3 Å². The van der Waals surface area contributed by atoms with E-state index in [1.54, 1.807) is 0 Å². The molecule has 0 radical (unpaired) electrons. The molecule has 0 aliphatic carbocycles. The highest BCUT2D eigenvalue weighted by atomic mass is 16.4. The summed E-state index contributed by atoms with van der Waals surface area (Å²) >= 11 is 0. The first-order chi connectivity index (χ1) is 6.82. The van der Waals surface area contributed by atoms with Crippen LogP contribution in [0.3, 0.4) is 0 Å². The maximum atomic E-state index is 10.8. The minimum Gasteiger partial charge on any atom is -0.479 e. The van der Waals surface area contributed by atoms with E-state index in [2.05, 4.69) is 0 Å². The molecule has 0 saturated carbocycles. The van der Waals surface area contributed by atoms with Gasteiger partial charge in [-0.1, -0.05) is 0 Å². The number of hydrogen-bond donors (Lipinski definition) is 6. The lowest BCUT2D eigenvalue weighted by Gasteiger charge is -2.23. The second-order valence-electron chi connectivity index (χ2n) is 2.82. The molecule has 0 aromatic carbocycles. The van der Waals surface area contributed by atoms with Crippen molar-refractivity contribution in [3.05, 3.63) is 0 Å². The van der Waals surface area contributed by atoms with Crippen LogP contribution in [0.2, 0.25) is 0 Å². The fraction of sp³-hybridized carbons (Fsp3) is 0.714. The van der Waals surface area contributed by atoms with Crippen LogP contribution in [0, 0.1) is 0 Å². The van der Waals surface area contributed by atoms with Crippen molar-refractivity contribution >= 4 is 11.9 Å². The van der Waals surface area contributed by atoms with Crippen molar-refractivity contribution in [1.29, 1.82) is 0 Å². The van der Waals surface area contributed by atoms with Crippen molar-refractivity contribution in [2.75, 3.05) is 7.05 Å². The number of nitrogens with one attached hydrogen (secondary N) is 1. The highest BCUT2D eigenvalue weighted by Gasteiger charge is 2.36. The normalized spacial score (nSPS) is 18.7. The van der Waals surface area contributed by atoms with Crippen molar-refractivity contribution in [1.82, 2.24) is 5.32 Å². The first-order valence-electron chi connectivity index (χ1n) is 3.99. The van der Waals surface area contributed by atoms with Crippen molar-refractivity contribution in [3.63, 3.8) is 0 Å². The molecule has 1 amide bonds. The van der Waals surface area contributed by atoms with E-state index in [4.69, 9.17) is 25.5 Å². The van der Waals surface area contributed by atoms with E-state index in [1.807, 2.05) is 5.32 Å². The zero-order valence-corrected chi connectivity index (χ0v) is 7.86. The van der Waals surface area contributed by atoms with Gasteiger partial charge >= 0.3 is 5.97 Å². The number of carbonyl (C=O) groups is 2. The van der Waals surface area contributed by atoms with E-state index in [9.17, 15) is 9.59 Å². The molecule has 0 bridgehead atoms. The molecule has 0 saturated heterocycles. The Morgan fingerprint density at radius 2 is 1.40 bits per heavy atom. The highest BCUT2D eigenvalue weighted by molar-refractivity contribution is 5.81. The first-order valence-corrected chi connectivity index (χ1v) is 3.99. The molecule has 0 spiro atoms. The number of rotatable bonds is 5. The minimum absolute atomic E-state index is 1.00. The van der Waals surface area contributed by atoms with Crippen molar-refractivity contribution in [2.45, 2.75) is 24.4 Å². The van der Waals surface area contributed by atoms with E-state index in [-0.39, 0.29) is 0 Å². The molecule has 0 aliphatic rings. The van der Waals surface area contributed by atoms with Gasteiger partial charge in [0.05, 0.1) is 0 Å². The van der Waals surface area contributed by atoms with Gasteiger partial charge in [-0.2, -0.15) is 0 Å². The summed E-state index contributed by atoms with van der Waals surface area (Å²) in [4.78, 5) is 21.0. The molecule has 8 heteroatoms. The third-order valence-corrected chi connectivity index (χ3v) is 1.76. The van der Waals surface area contributed by atoms with Crippen LogP contribution in [0.15, 0.2) is 0 Å². The van der Waals surface area contributed by atoms with Gasteiger partial charge in [0.1, 0.15) is 12.2 Å². The van der Waals surface area contributed by atoms with Crippen molar-refractivity contribution in [2.24, 2.45) is 0 Å². The van der Waals surface area contributed by atoms with E-state index in [0.29, 0.717) is 0 Å². The number of aliphatic carboxylic acids is 1. The molecule has 0 aliphatic heterocycles. The van der Waals surface area contributed by atoms with Crippen LogP contribution in [-0.2, 0) is 9.59 Å². The van der Waals surface area contributed by atoms with Gasteiger partial charge in [0.15, 0.2) is 12.2 Å². The van der Waals surface area contributed by atoms with Crippen LogP contribution < -0.4 is 5.32 Å². The quantitative estimate of drug-likeness (QED) is 0.280. The van der Waals surface area contributed by atoms with Crippen LogP contribution in [0.5, 0.6) is 0 Å². The Kier molecular flexibility index (Phi) is 5.15. The second kappa shape index (κ2) is 5.61. The molecule has 1 unspecified atom stereocenters. The zero-order valence-electron chi connectivity index (χ0n) is 7.86. The Balaban J connectivity index is 4.49. The summed E-state index contributed by atoms with van der Waals surface area (Å²) in [5.74, 6) is -2.77. The average molecular weight is 223 g/mol. The third-order valence-electron chi connectivity index (χ3n) is 1.76. The van der Waals surface area contributed by atoms with E-state index >= 15 is 0 Å². The predicted molar refractivity (Wildman–Crippen MR) is 45.7 cm³/mol. The summed E-state index contributed by atoms with van der Waals surface area (Å²) in [6, 6.07) is 0. The number of carbonyl (C=O) groups excluding carboxylic acids is 1. The number of carboxylic acids is 1. The fourth-order valence-corrected chi connectivity index (χ4v) is 0.823. The van der Waals surface area contributed by atoms with Crippen LogP contribution in [0.25, 0.3) is 0 Å². The van der Waals surface area contributed by atoms with Gasteiger partial charge in [0.2, 0.25) is 0 Å². The molecule has 0 heterocycles. The summed E-state index contributed by atoms with van der Waals surface area (Å²) in [6.07, 6.45) is -8.54. The van der Waals surface area contributed by atoms with Gasteiger partial charge in [0.25, 0.3) is 5.91 Å². The molecular formula is C7H13NO7. The van der Waals surface area contributed by atoms with Gasteiger partial charge in [-0.3, -0.25) is 4.79 Å². The first kappa shape index (κ1) is 13.8. The predicted octanol–water partition coefficient (Wildman–Crippen LogP) is -3.74. The third kappa shape index (κ3) is 3.44. The minimum atomic E-state index is -2.28. The fourth-order valence-electron chi connectivity index (χ4n) is 0.823. The van der Waals surface area contributed by atoms with E-state index in [0.717, 1.165) is 0 Å². The molecular weight excluding hydrogens is 210 g/mol. The summed E-state index contributed by atoms with van der Waals surface area (Å²) in [5, 5.41) is 46.3. The van der Waals surface area contributed by atoms with Crippen LogP contribution in [0.1, 0.15) is 0 Å². The van der Waals surface area contributed by atoms with Crippen LogP contribution >= 0.6 is 0 Å². The summed E-state index contributed by atoms with van der Waals surface area (Å²) in [6.45, 7) is 0. The van der Waals surface area contributed by atoms with E-state index in [1.165, 1.54) is 7.05 Å². The smallest absolute Gasteiger partial charge is 0.335 e. The van der Waals surface area contributed by atoms with Gasteiger partial charge in [0, 0.05) is 7.05 Å². The number of hydrogen-bond acceptors (Lipinski definition) is 6. The number of aliphatic hydroxyl groups excluding tert-OH is 4. The van der Waals surface area contributed by atoms with Crippen molar-refractivity contribution < 1.29 is 35.1 Å². The molecule has 0 fully saturated rings.